The van der Waals surface area contributed by atoms with Crippen molar-refractivity contribution in [3.05, 3.63) is 0 Å². The second kappa shape index (κ2) is 2.23. The van der Waals surface area contributed by atoms with Gasteiger partial charge in [0, 0.05) is 13.1 Å². The van der Waals surface area contributed by atoms with Crippen molar-refractivity contribution in [2.24, 2.45) is 0 Å². The molecule has 1 rings (SSSR count). The number of aliphatic hydroxyl groups is 1. The number of hydrogen-bond acceptors (Lipinski definition) is 4. The molecule has 0 aliphatic carbocycles. The summed E-state index contributed by atoms with van der Waals surface area (Å²) in [5.74, 6) is 0. The molecule has 0 bridgehead atoms. The highest BCUT2D eigenvalue weighted by molar-refractivity contribution is 4.52. The number of nitrogens with zero attached hydrogens (tertiary/aromatic N) is 1. The van der Waals surface area contributed by atoms with Crippen molar-refractivity contribution in [1.29, 1.82) is 0 Å². The molecular formula is C3H9N3O. The Morgan fingerprint density at radius 1 is 1.71 bits per heavy atom. The standard InChI is InChI=1S/C3H9N3O/c7-3-6-2-1-4-5-6/h4-5,7H,1-3H2. The van der Waals surface area contributed by atoms with E-state index in [4.69, 9.17) is 5.11 Å². The van der Waals surface area contributed by atoms with Crippen LogP contribution in [0, 0.1) is 0 Å². The molecule has 3 N–H and O–H groups in total. The Hall–Kier alpha value is -0.160. The summed E-state index contributed by atoms with van der Waals surface area (Å²) in [7, 11) is 0. The Morgan fingerprint density at radius 2 is 2.57 bits per heavy atom. The van der Waals surface area contributed by atoms with Crippen LogP contribution in [0.5, 0.6) is 0 Å². The van der Waals surface area contributed by atoms with Crippen LogP contribution in [0.3, 0.4) is 0 Å². The van der Waals surface area contributed by atoms with Crippen LogP contribution in [-0.4, -0.2) is 29.9 Å². The first-order chi connectivity index (χ1) is 3.43. The fourth-order valence-corrected chi connectivity index (χ4v) is 0.521. The minimum atomic E-state index is 0.0764. The lowest BCUT2D eigenvalue weighted by Gasteiger charge is -2.07. The third-order valence-corrected chi connectivity index (χ3v) is 0.915. The van der Waals surface area contributed by atoms with Crippen LogP contribution in [0.25, 0.3) is 0 Å². The summed E-state index contributed by atoms with van der Waals surface area (Å²) in [4.78, 5) is 0. The zero-order chi connectivity index (χ0) is 5.11. The summed E-state index contributed by atoms with van der Waals surface area (Å²) < 4.78 is 0. The molecule has 1 fully saturated rings. The monoisotopic (exact) mass is 103 g/mol. The van der Waals surface area contributed by atoms with E-state index >= 15 is 0 Å². The molecule has 7 heavy (non-hydrogen) atoms. The van der Waals surface area contributed by atoms with Crippen LogP contribution >= 0.6 is 0 Å². The van der Waals surface area contributed by atoms with Crippen LogP contribution in [0.2, 0.25) is 0 Å². The molecule has 42 valence electrons. The lowest BCUT2D eigenvalue weighted by atomic mass is 10.7. The lowest BCUT2D eigenvalue weighted by molar-refractivity contribution is 0.0837. The maximum absolute atomic E-state index is 8.39. The van der Waals surface area contributed by atoms with Gasteiger partial charge in [0.15, 0.2) is 0 Å². The Balaban J connectivity index is 2.14. The summed E-state index contributed by atoms with van der Waals surface area (Å²) in [5.41, 5.74) is 5.58. The second-order valence-corrected chi connectivity index (χ2v) is 1.44. The summed E-state index contributed by atoms with van der Waals surface area (Å²) in [6.07, 6.45) is 0. The fraction of sp³-hybridized carbons (Fsp3) is 1.00. The van der Waals surface area contributed by atoms with Crippen LogP contribution in [0.4, 0.5) is 0 Å². The van der Waals surface area contributed by atoms with E-state index in [0.717, 1.165) is 13.1 Å². The quantitative estimate of drug-likeness (QED) is 0.369. The van der Waals surface area contributed by atoms with Gasteiger partial charge < -0.3 is 5.11 Å². The van der Waals surface area contributed by atoms with Gasteiger partial charge in [-0.3, -0.25) is 0 Å². The van der Waals surface area contributed by atoms with Gasteiger partial charge in [-0.05, 0) is 0 Å². The van der Waals surface area contributed by atoms with Gasteiger partial charge in [0.2, 0.25) is 0 Å². The van der Waals surface area contributed by atoms with E-state index in [1.54, 1.807) is 5.01 Å². The molecule has 1 heterocycles. The van der Waals surface area contributed by atoms with Crippen molar-refractivity contribution >= 4 is 0 Å². The van der Waals surface area contributed by atoms with E-state index in [1.165, 1.54) is 0 Å². The maximum Gasteiger partial charge on any atom is 0.110 e. The van der Waals surface area contributed by atoms with E-state index in [0.29, 0.717) is 0 Å². The molecule has 0 aromatic carbocycles. The number of hydrogen-bond donors (Lipinski definition) is 3. The third kappa shape index (κ3) is 1.10. The van der Waals surface area contributed by atoms with Crippen molar-refractivity contribution in [2.75, 3.05) is 19.8 Å². The number of rotatable bonds is 1. The fourth-order valence-electron chi connectivity index (χ4n) is 0.521. The average molecular weight is 103 g/mol. The highest BCUT2D eigenvalue weighted by Crippen LogP contribution is 1.79. The predicted octanol–water partition coefficient (Wildman–Crippen LogP) is -1.74. The molecular weight excluding hydrogens is 94.1 g/mol. The number of nitrogens with one attached hydrogen (secondary N) is 2. The molecule has 0 spiro atoms. The van der Waals surface area contributed by atoms with Crippen LogP contribution in [0.15, 0.2) is 0 Å². The van der Waals surface area contributed by atoms with Crippen molar-refractivity contribution in [3.8, 4) is 0 Å². The van der Waals surface area contributed by atoms with Gasteiger partial charge in [-0.1, -0.05) is 0 Å². The van der Waals surface area contributed by atoms with E-state index in [-0.39, 0.29) is 6.73 Å². The molecule has 0 atom stereocenters. The van der Waals surface area contributed by atoms with Gasteiger partial charge in [0.25, 0.3) is 0 Å². The van der Waals surface area contributed by atoms with E-state index < -0.39 is 0 Å². The Kier molecular flexibility index (Phi) is 1.59. The van der Waals surface area contributed by atoms with Crippen molar-refractivity contribution in [1.82, 2.24) is 16.0 Å². The summed E-state index contributed by atoms with van der Waals surface area (Å²) >= 11 is 0. The molecule has 0 aromatic heterocycles. The minimum absolute atomic E-state index is 0.0764. The lowest BCUT2D eigenvalue weighted by Crippen LogP contribution is -2.36. The molecule has 0 unspecified atom stereocenters. The summed E-state index contributed by atoms with van der Waals surface area (Å²) in [6.45, 7) is 1.85. The molecule has 1 aliphatic heterocycles. The van der Waals surface area contributed by atoms with Crippen LogP contribution in [-0.2, 0) is 0 Å². The Bertz CT molecular complexity index is 52.1. The Labute approximate surface area is 42.1 Å². The zero-order valence-corrected chi connectivity index (χ0v) is 4.02. The first-order valence-electron chi connectivity index (χ1n) is 2.28. The largest absolute Gasteiger partial charge is 0.380 e. The zero-order valence-electron chi connectivity index (χ0n) is 4.02. The third-order valence-electron chi connectivity index (χ3n) is 0.915. The molecule has 0 saturated carbocycles. The molecule has 4 heteroatoms. The average Bonchev–Trinajstić information content (AvgIpc) is 2.14. The maximum atomic E-state index is 8.39. The predicted molar refractivity (Wildman–Crippen MR) is 24.9 cm³/mol. The molecule has 1 saturated heterocycles. The first kappa shape index (κ1) is 4.99. The summed E-state index contributed by atoms with van der Waals surface area (Å²) in [6, 6.07) is 0. The summed E-state index contributed by atoms with van der Waals surface area (Å²) in [5, 5.41) is 10.1. The van der Waals surface area contributed by atoms with Gasteiger partial charge >= 0.3 is 0 Å². The van der Waals surface area contributed by atoms with E-state index in [1.807, 2.05) is 0 Å². The molecule has 4 nitrogen and oxygen atoms in total. The van der Waals surface area contributed by atoms with Crippen molar-refractivity contribution in [3.63, 3.8) is 0 Å². The second-order valence-electron chi connectivity index (χ2n) is 1.44. The number of aliphatic hydroxyl groups excluding tert-OH is 1. The normalized spacial score (nSPS) is 23.6. The van der Waals surface area contributed by atoms with E-state index in [9.17, 15) is 0 Å². The van der Waals surface area contributed by atoms with Gasteiger partial charge in [-0.2, -0.15) is 5.53 Å². The van der Waals surface area contributed by atoms with Crippen molar-refractivity contribution < 1.29 is 5.11 Å². The van der Waals surface area contributed by atoms with Crippen LogP contribution < -0.4 is 11.0 Å². The minimum Gasteiger partial charge on any atom is -0.380 e. The topological polar surface area (TPSA) is 47.5 Å². The van der Waals surface area contributed by atoms with Crippen LogP contribution in [0.1, 0.15) is 0 Å². The Morgan fingerprint density at radius 3 is 2.86 bits per heavy atom. The number of hydrazine groups is 2. The molecule has 0 amide bonds. The molecule has 0 aromatic rings. The molecule has 0 radical (unpaired) electrons. The molecule has 1 aliphatic rings. The SMILES string of the molecule is OCN1CCNN1. The van der Waals surface area contributed by atoms with Crippen molar-refractivity contribution in [2.45, 2.75) is 0 Å². The highest BCUT2D eigenvalue weighted by Gasteiger charge is 2.05. The van der Waals surface area contributed by atoms with E-state index in [2.05, 4.69) is 11.0 Å². The smallest absolute Gasteiger partial charge is 0.110 e. The van der Waals surface area contributed by atoms with Gasteiger partial charge in [-0.25, -0.2) is 10.4 Å². The van der Waals surface area contributed by atoms with Gasteiger partial charge in [0.1, 0.15) is 6.73 Å². The van der Waals surface area contributed by atoms with Gasteiger partial charge in [-0.15, -0.1) is 0 Å². The first-order valence-corrected chi connectivity index (χ1v) is 2.28. The highest BCUT2D eigenvalue weighted by atomic mass is 16.3. The van der Waals surface area contributed by atoms with Gasteiger partial charge in [0.05, 0.1) is 0 Å².